The molecule has 5 heteroatoms. The maximum absolute atomic E-state index is 12.0. The van der Waals surface area contributed by atoms with Crippen LogP contribution >= 0.6 is 15.9 Å². The Morgan fingerprint density at radius 2 is 2.19 bits per heavy atom. The van der Waals surface area contributed by atoms with E-state index in [0.29, 0.717) is 5.56 Å². The standard InChI is InChI=1S/C11H11BrF2O2/c1-7-2-3-10(16-11(13)14)5-8(7)4-9(15)6-12/h2-3,5,11H,4,6H2,1H3. The van der Waals surface area contributed by atoms with Gasteiger partial charge in [0.05, 0.1) is 5.33 Å². The number of hydrogen-bond acceptors (Lipinski definition) is 2. The van der Waals surface area contributed by atoms with Crippen LogP contribution in [0.25, 0.3) is 0 Å². The van der Waals surface area contributed by atoms with Crippen molar-refractivity contribution in [1.29, 1.82) is 0 Å². The largest absolute Gasteiger partial charge is 0.435 e. The Bertz CT molecular complexity index is 380. The number of carbonyl (C=O) groups excluding carboxylic acids is 1. The molecule has 0 bridgehead atoms. The number of ether oxygens (including phenoxy) is 1. The highest BCUT2D eigenvalue weighted by atomic mass is 79.9. The maximum Gasteiger partial charge on any atom is 0.387 e. The minimum atomic E-state index is -2.84. The Kier molecular flexibility index (Phi) is 4.86. The molecule has 0 aliphatic rings. The lowest BCUT2D eigenvalue weighted by molar-refractivity contribution is -0.115. The maximum atomic E-state index is 12.0. The summed E-state index contributed by atoms with van der Waals surface area (Å²) in [5.41, 5.74) is 1.60. The van der Waals surface area contributed by atoms with Crippen molar-refractivity contribution in [2.45, 2.75) is 20.0 Å². The zero-order valence-corrected chi connectivity index (χ0v) is 10.3. The third-order valence-electron chi connectivity index (χ3n) is 2.08. The quantitative estimate of drug-likeness (QED) is 0.780. The third kappa shape index (κ3) is 3.89. The van der Waals surface area contributed by atoms with Crippen molar-refractivity contribution in [3.05, 3.63) is 29.3 Å². The number of ketones is 1. The second-order valence-corrected chi connectivity index (χ2v) is 3.88. The average Bonchev–Trinajstić information content (AvgIpc) is 2.22. The van der Waals surface area contributed by atoms with Crippen LogP contribution in [0.4, 0.5) is 8.78 Å². The lowest BCUT2D eigenvalue weighted by Crippen LogP contribution is -2.07. The summed E-state index contributed by atoms with van der Waals surface area (Å²) in [4.78, 5) is 11.2. The molecule has 0 N–H and O–H groups in total. The van der Waals surface area contributed by atoms with Crippen molar-refractivity contribution < 1.29 is 18.3 Å². The molecule has 0 aliphatic heterocycles. The van der Waals surface area contributed by atoms with Crippen molar-refractivity contribution >= 4 is 21.7 Å². The molecule has 0 unspecified atom stereocenters. The summed E-state index contributed by atoms with van der Waals surface area (Å²) < 4.78 is 28.2. The second-order valence-electron chi connectivity index (χ2n) is 3.32. The minimum Gasteiger partial charge on any atom is -0.435 e. The van der Waals surface area contributed by atoms with Gasteiger partial charge in [0, 0.05) is 6.42 Å². The van der Waals surface area contributed by atoms with Crippen LogP contribution in [-0.4, -0.2) is 17.7 Å². The highest BCUT2D eigenvalue weighted by molar-refractivity contribution is 9.09. The number of benzene rings is 1. The van der Waals surface area contributed by atoms with Gasteiger partial charge in [0.2, 0.25) is 0 Å². The summed E-state index contributed by atoms with van der Waals surface area (Å²) in [6.45, 7) is -1.02. The summed E-state index contributed by atoms with van der Waals surface area (Å²) in [7, 11) is 0. The van der Waals surface area contributed by atoms with Gasteiger partial charge < -0.3 is 4.74 Å². The molecule has 0 saturated carbocycles. The molecule has 0 aliphatic carbocycles. The van der Waals surface area contributed by atoms with E-state index in [0.717, 1.165) is 5.56 Å². The van der Waals surface area contributed by atoms with Gasteiger partial charge in [-0.15, -0.1) is 0 Å². The first-order valence-corrected chi connectivity index (χ1v) is 5.77. The van der Waals surface area contributed by atoms with Crippen LogP contribution in [0.5, 0.6) is 5.75 Å². The lowest BCUT2D eigenvalue weighted by atomic mass is 10.0. The van der Waals surface area contributed by atoms with Crippen molar-refractivity contribution in [2.24, 2.45) is 0 Å². The molecule has 0 spiro atoms. The lowest BCUT2D eigenvalue weighted by Gasteiger charge is -2.08. The van der Waals surface area contributed by atoms with Gasteiger partial charge in [0.15, 0.2) is 0 Å². The first-order valence-electron chi connectivity index (χ1n) is 4.65. The van der Waals surface area contributed by atoms with E-state index in [2.05, 4.69) is 20.7 Å². The van der Waals surface area contributed by atoms with Crippen LogP contribution < -0.4 is 4.74 Å². The van der Waals surface area contributed by atoms with Gasteiger partial charge >= 0.3 is 6.61 Å². The highest BCUT2D eigenvalue weighted by Crippen LogP contribution is 2.20. The highest BCUT2D eigenvalue weighted by Gasteiger charge is 2.09. The molecule has 0 atom stereocenters. The van der Waals surface area contributed by atoms with Crippen LogP contribution in [0.1, 0.15) is 11.1 Å². The van der Waals surface area contributed by atoms with E-state index in [9.17, 15) is 13.6 Å². The molecule has 0 fully saturated rings. The molecule has 1 rings (SSSR count). The van der Waals surface area contributed by atoms with Gasteiger partial charge in [0.1, 0.15) is 11.5 Å². The van der Waals surface area contributed by atoms with E-state index in [1.165, 1.54) is 12.1 Å². The second kappa shape index (κ2) is 5.94. The Labute approximate surface area is 101 Å². The molecule has 88 valence electrons. The van der Waals surface area contributed by atoms with Gasteiger partial charge in [-0.05, 0) is 30.2 Å². The van der Waals surface area contributed by atoms with E-state index >= 15 is 0 Å². The number of alkyl halides is 3. The molecule has 1 aromatic carbocycles. The third-order valence-corrected chi connectivity index (χ3v) is 2.71. The number of aryl methyl sites for hydroxylation is 1. The molecule has 16 heavy (non-hydrogen) atoms. The number of Topliss-reactive ketones (excluding diaryl/α,β-unsaturated/α-hetero) is 1. The first-order chi connectivity index (χ1) is 7.52. The van der Waals surface area contributed by atoms with Crippen LogP contribution in [-0.2, 0) is 11.2 Å². The van der Waals surface area contributed by atoms with Crippen molar-refractivity contribution in [1.82, 2.24) is 0 Å². The zero-order valence-electron chi connectivity index (χ0n) is 8.67. The monoisotopic (exact) mass is 292 g/mol. The predicted octanol–water partition coefficient (Wildman–Crippen LogP) is 3.10. The van der Waals surface area contributed by atoms with Crippen molar-refractivity contribution in [3.8, 4) is 5.75 Å². The van der Waals surface area contributed by atoms with Gasteiger partial charge in [-0.3, -0.25) is 4.79 Å². The van der Waals surface area contributed by atoms with Crippen LogP contribution in [0.3, 0.4) is 0 Å². The fourth-order valence-corrected chi connectivity index (χ4v) is 1.47. The fourth-order valence-electron chi connectivity index (χ4n) is 1.27. The normalized spacial score (nSPS) is 10.6. The molecular formula is C11H11BrF2O2. The fraction of sp³-hybridized carbons (Fsp3) is 0.364. The Morgan fingerprint density at radius 3 is 2.75 bits per heavy atom. The van der Waals surface area contributed by atoms with Crippen molar-refractivity contribution in [3.63, 3.8) is 0 Å². The van der Waals surface area contributed by atoms with Crippen LogP contribution in [0, 0.1) is 6.92 Å². The molecule has 0 aromatic heterocycles. The number of rotatable bonds is 5. The van der Waals surface area contributed by atoms with Crippen LogP contribution in [0.2, 0.25) is 0 Å². The van der Waals surface area contributed by atoms with E-state index in [1.54, 1.807) is 6.07 Å². The summed E-state index contributed by atoms with van der Waals surface area (Å²) in [5.74, 6) is 0.0790. The molecule has 0 saturated heterocycles. The Balaban J connectivity index is 2.86. The summed E-state index contributed by atoms with van der Waals surface area (Å²) in [6, 6.07) is 4.60. The van der Waals surface area contributed by atoms with Gasteiger partial charge in [0.25, 0.3) is 0 Å². The SMILES string of the molecule is Cc1ccc(OC(F)F)cc1CC(=O)CBr. The molecule has 0 radical (unpaired) electrons. The summed E-state index contributed by atoms with van der Waals surface area (Å²) in [6.07, 6.45) is 0.220. The summed E-state index contributed by atoms with van der Waals surface area (Å²) >= 11 is 3.05. The Hall–Kier alpha value is -0.970. The van der Waals surface area contributed by atoms with Crippen LogP contribution in [0.15, 0.2) is 18.2 Å². The van der Waals surface area contributed by atoms with E-state index in [4.69, 9.17) is 0 Å². The van der Waals surface area contributed by atoms with E-state index < -0.39 is 6.61 Å². The minimum absolute atomic E-state index is 0.00250. The van der Waals surface area contributed by atoms with Gasteiger partial charge in [-0.25, -0.2) is 0 Å². The van der Waals surface area contributed by atoms with Crippen molar-refractivity contribution in [2.75, 3.05) is 5.33 Å². The first kappa shape index (κ1) is 13.1. The average molecular weight is 293 g/mol. The molecule has 0 amide bonds. The van der Waals surface area contributed by atoms with E-state index in [-0.39, 0.29) is 23.3 Å². The van der Waals surface area contributed by atoms with E-state index in [1.807, 2.05) is 6.92 Å². The zero-order chi connectivity index (χ0) is 12.1. The molecule has 1 aromatic rings. The number of carbonyl (C=O) groups is 1. The summed E-state index contributed by atoms with van der Waals surface area (Å²) in [5, 5.41) is 0.256. The number of halogens is 3. The van der Waals surface area contributed by atoms with Gasteiger partial charge in [-0.2, -0.15) is 8.78 Å². The smallest absolute Gasteiger partial charge is 0.387 e. The number of hydrogen-bond donors (Lipinski definition) is 0. The Morgan fingerprint density at radius 1 is 1.50 bits per heavy atom. The predicted molar refractivity (Wildman–Crippen MR) is 60.3 cm³/mol. The molecular weight excluding hydrogens is 282 g/mol. The molecule has 2 nitrogen and oxygen atoms in total. The topological polar surface area (TPSA) is 26.3 Å². The van der Waals surface area contributed by atoms with Gasteiger partial charge in [-0.1, -0.05) is 22.0 Å². The molecule has 0 heterocycles.